The Morgan fingerprint density at radius 2 is 1.77 bits per heavy atom. The molecule has 3 amide bonds. The summed E-state index contributed by atoms with van der Waals surface area (Å²) in [5.74, 6) is 0.0524. The van der Waals surface area contributed by atoms with E-state index in [1.54, 1.807) is 23.1 Å². The van der Waals surface area contributed by atoms with Gasteiger partial charge in [-0.2, -0.15) is 0 Å². The van der Waals surface area contributed by atoms with Crippen LogP contribution >= 0.6 is 11.6 Å². The Morgan fingerprint density at radius 1 is 1.02 bits per heavy atom. The minimum absolute atomic E-state index is 0.0110. The van der Waals surface area contributed by atoms with Crippen molar-refractivity contribution in [2.45, 2.75) is 44.6 Å². The number of carbonyl (C=O) groups is 3. The van der Waals surface area contributed by atoms with Crippen molar-refractivity contribution in [1.29, 1.82) is 0 Å². The molecule has 1 fully saturated rings. The second kappa shape index (κ2) is 14.8. The number of H-pyrrole nitrogens is 1. The van der Waals surface area contributed by atoms with Crippen LogP contribution in [0.2, 0.25) is 5.02 Å². The standard InChI is InChI=1S/C38H44ClN5O4/c1-42(2)23-26-19-27-20-29(39)12-13-34(27)44(24-26)38(48)33(21-28-22-40-32-9-5-3-7-30(28)32)41-36(46)14-11-25-15-17-43(18-16-25)37(47)31-8-4-6-10-35(31)45/h3-10,12-13,20,22,25-26,33,40,45H,11,14-19,21,23-24H2,1-2H3,(H,41,46)/t26-,33+/m0/s1. The smallest absolute Gasteiger partial charge is 0.257 e. The van der Waals surface area contributed by atoms with E-state index < -0.39 is 6.04 Å². The number of carbonyl (C=O) groups excluding carboxylic acids is 3. The van der Waals surface area contributed by atoms with Crippen LogP contribution in [0.1, 0.15) is 47.2 Å². The zero-order valence-corrected chi connectivity index (χ0v) is 28.4. The molecular weight excluding hydrogens is 626 g/mol. The highest BCUT2D eigenvalue weighted by molar-refractivity contribution is 6.30. The van der Waals surface area contributed by atoms with Gasteiger partial charge in [-0.1, -0.05) is 41.9 Å². The first-order valence-electron chi connectivity index (χ1n) is 16.8. The summed E-state index contributed by atoms with van der Waals surface area (Å²) in [6.45, 7) is 2.54. The van der Waals surface area contributed by atoms with E-state index in [1.165, 1.54) is 6.07 Å². The normalized spacial score (nSPS) is 17.4. The fourth-order valence-electron chi connectivity index (χ4n) is 7.32. The lowest BCUT2D eigenvalue weighted by Crippen LogP contribution is -2.53. The Balaban J connectivity index is 1.15. The van der Waals surface area contributed by atoms with E-state index in [4.69, 9.17) is 11.6 Å². The predicted octanol–water partition coefficient (Wildman–Crippen LogP) is 5.65. The summed E-state index contributed by atoms with van der Waals surface area (Å²) in [4.78, 5) is 50.1. The van der Waals surface area contributed by atoms with Crippen LogP contribution in [0, 0.1) is 11.8 Å². The van der Waals surface area contributed by atoms with Gasteiger partial charge in [0.05, 0.1) is 5.56 Å². The maximum absolute atomic E-state index is 14.5. The van der Waals surface area contributed by atoms with Crippen LogP contribution in [0.15, 0.2) is 72.9 Å². The maximum Gasteiger partial charge on any atom is 0.257 e. The number of aromatic nitrogens is 1. The summed E-state index contributed by atoms with van der Waals surface area (Å²) in [6, 6.07) is 19.5. The van der Waals surface area contributed by atoms with Crippen LogP contribution in [0.5, 0.6) is 5.75 Å². The number of nitrogens with zero attached hydrogens (tertiary/aromatic N) is 3. The number of phenolic OH excluding ortho intramolecular Hbond substituents is 1. The molecule has 9 nitrogen and oxygen atoms in total. The van der Waals surface area contributed by atoms with Crippen LogP contribution in [-0.2, 0) is 22.4 Å². The average Bonchev–Trinajstić information content (AvgIpc) is 3.48. The largest absolute Gasteiger partial charge is 0.507 e. The van der Waals surface area contributed by atoms with E-state index in [0.29, 0.717) is 49.5 Å². The second-order valence-electron chi connectivity index (χ2n) is 13.5. The fraction of sp³-hybridized carbons (Fsp3) is 0.395. The molecule has 2 aliphatic rings. The number of hydrogen-bond donors (Lipinski definition) is 3. The number of aromatic amines is 1. The molecule has 3 N–H and O–H groups in total. The number of benzene rings is 3. The van der Waals surface area contributed by atoms with E-state index in [2.05, 4.69) is 15.2 Å². The lowest BCUT2D eigenvalue weighted by Gasteiger charge is -2.37. The Kier molecular flexibility index (Phi) is 10.4. The zero-order chi connectivity index (χ0) is 33.8. The monoisotopic (exact) mass is 669 g/mol. The number of amides is 3. The summed E-state index contributed by atoms with van der Waals surface area (Å²) >= 11 is 6.39. The topological polar surface area (TPSA) is 109 Å². The van der Waals surface area contributed by atoms with Crippen molar-refractivity contribution in [3.8, 4) is 5.75 Å². The molecule has 48 heavy (non-hydrogen) atoms. The number of anilines is 1. The van der Waals surface area contributed by atoms with Gasteiger partial charge in [0.2, 0.25) is 11.8 Å². The van der Waals surface area contributed by atoms with Crippen LogP contribution in [0.3, 0.4) is 0 Å². The van der Waals surface area contributed by atoms with Gasteiger partial charge in [0.15, 0.2) is 0 Å². The van der Waals surface area contributed by atoms with Gasteiger partial charge < -0.3 is 30.1 Å². The highest BCUT2D eigenvalue weighted by Crippen LogP contribution is 2.33. The molecule has 3 aromatic carbocycles. The molecule has 0 unspecified atom stereocenters. The van der Waals surface area contributed by atoms with Gasteiger partial charge in [-0.25, -0.2) is 0 Å². The van der Waals surface area contributed by atoms with Crippen molar-refractivity contribution in [3.05, 3.63) is 94.6 Å². The Bertz CT molecular complexity index is 1780. The van der Waals surface area contributed by atoms with E-state index in [1.807, 2.05) is 67.7 Å². The first kappa shape index (κ1) is 33.6. The van der Waals surface area contributed by atoms with Gasteiger partial charge in [0.1, 0.15) is 11.8 Å². The van der Waals surface area contributed by atoms with Crippen LogP contribution in [0.25, 0.3) is 10.9 Å². The number of piperidine rings is 1. The number of nitrogens with one attached hydrogen (secondary N) is 2. The van der Waals surface area contributed by atoms with Crippen molar-refractivity contribution in [2.24, 2.45) is 11.8 Å². The van der Waals surface area contributed by atoms with Crippen molar-refractivity contribution in [3.63, 3.8) is 0 Å². The van der Waals surface area contributed by atoms with Crippen LogP contribution in [0.4, 0.5) is 5.69 Å². The molecular formula is C38H44ClN5O4. The molecule has 10 heteroatoms. The molecule has 1 aromatic heterocycles. The van der Waals surface area contributed by atoms with Crippen molar-refractivity contribution >= 4 is 45.9 Å². The number of rotatable bonds is 10. The molecule has 4 aromatic rings. The van der Waals surface area contributed by atoms with Gasteiger partial charge >= 0.3 is 0 Å². The van der Waals surface area contributed by atoms with Gasteiger partial charge in [-0.3, -0.25) is 14.4 Å². The number of halogens is 1. The third-order valence-corrected chi connectivity index (χ3v) is 9.95. The van der Waals surface area contributed by atoms with Gasteiger partial charge in [0, 0.05) is 66.8 Å². The first-order chi connectivity index (χ1) is 23.2. The van der Waals surface area contributed by atoms with Crippen molar-refractivity contribution < 1.29 is 19.5 Å². The zero-order valence-electron chi connectivity index (χ0n) is 27.6. The lowest BCUT2D eigenvalue weighted by atomic mass is 9.90. The van der Waals surface area contributed by atoms with Gasteiger partial charge in [-0.15, -0.1) is 0 Å². The average molecular weight is 670 g/mol. The van der Waals surface area contributed by atoms with Crippen LogP contribution < -0.4 is 10.2 Å². The molecule has 2 aliphatic heterocycles. The predicted molar refractivity (Wildman–Crippen MR) is 189 cm³/mol. The van der Waals surface area contributed by atoms with Gasteiger partial charge in [-0.05, 0) is 99.1 Å². The molecule has 1 saturated heterocycles. The number of para-hydroxylation sites is 2. The van der Waals surface area contributed by atoms with Crippen LogP contribution in [-0.4, -0.2) is 83.9 Å². The Labute approximate surface area is 286 Å². The fourth-order valence-corrected chi connectivity index (χ4v) is 7.51. The van der Waals surface area contributed by atoms with E-state index >= 15 is 0 Å². The Hall–Kier alpha value is -4.34. The summed E-state index contributed by atoms with van der Waals surface area (Å²) < 4.78 is 0. The van der Waals surface area contributed by atoms with Crippen molar-refractivity contribution in [2.75, 3.05) is 45.2 Å². The summed E-state index contributed by atoms with van der Waals surface area (Å²) in [5, 5.41) is 14.9. The highest BCUT2D eigenvalue weighted by Gasteiger charge is 2.34. The summed E-state index contributed by atoms with van der Waals surface area (Å²) in [7, 11) is 4.07. The molecule has 2 atom stereocenters. The number of likely N-dealkylation sites (tertiary alicyclic amines) is 1. The number of phenols is 1. The van der Waals surface area contributed by atoms with E-state index in [9.17, 15) is 19.5 Å². The maximum atomic E-state index is 14.5. The molecule has 0 saturated carbocycles. The molecule has 0 aliphatic carbocycles. The number of aromatic hydroxyl groups is 1. The number of fused-ring (bicyclic) bond motifs is 2. The molecule has 0 radical (unpaired) electrons. The minimum Gasteiger partial charge on any atom is -0.507 e. The lowest BCUT2D eigenvalue weighted by molar-refractivity contribution is -0.127. The molecule has 3 heterocycles. The third-order valence-electron chi connectivity index (χ3n) is 9.72. The van der Waals surface area contributed by atoms with E-state index in [-0.39, 0.29) is 35.3 Å². The summed E-state index contributed by atoms with van der Waals surface area (Å²) in [5.41, 5.74) is 4.17. The summed E-state index contributed by atoms with van der Waals surface area (Å²) in [6.07, 6.45) is 5.66. The SMILES string of the molecule is CN(C)C[C@@H]1Cc2cc(Cl)ccc2N(C(=O)[C@@H](Cc2c[nH]c3ccccc23)NC(=O)CCC2CCN(C(=O)c3ccccc3O)CC2)C1. The van der Waals surface area contributed by atoms with Crippen molar-refractivity contribution in [1.82, 2.24) is 20.1 Å². The third kappa shape index (κ3) is 7.69. The molecule has 6 rings (SSSR count). The highest BCUT2D eigenvalue weighted by atomic mass is 35.5. The second-order valence-corrected chi connectivity index (χ2v) is 14.0. The quantitative estimate of drug-likeness (QED) is 0.202. The molecule has 252 valence electrons. The number of hydrogen-bond acceptors (Lipinski definition) is 5. The minimum atomic E-state index is -0.753. The first-order valence-corrected chi connectivity index (χ1v) is 17.2. The molecule has 0 spiro atoms. The molecule has 0 bridgehead atoms. The van der Waals surface area contributed by atoms with Gasteiger partial charge in [0.25, 0.3) is 5.91 Å². The Morgan fingerprint density at radius 3 is 2.54 bits per heavy atom. The van der Waals surface area contributed by atoms with E-state index in [0.717, 1.165) is 53.5 Å².